The van der Waals surface area contributed by atoms with Crippen LogP contribution in [0.5, 0.6) is 0 Å². The Bertz CT molecular complexity index is 1230. The van der Waals surface area contributed by atoms with E-state index in [-0.39, 0.29) is 30.1 Å². The summed E-state index contributed by atoms with van der Waals surface area (Å²) >= 11 is 0. The molecule has 1 aliphatic heterocycles. The van der Waals surface area contributed by atoms with Gasteiger partial charge in [0.15, 0.2) is 0 Å². The number of fused-ring (bicyclic) bond motifs is 1. The zero-order valence-corrected chi connectivity index (χ0v) is 19.3. The molecule has 1 aromatic carbocycles. The molecule has 0 radical (unpaired) electrons. The van der Waals surface area contributed by atoms with Gasteiger partial charge in [0.05, 0.1) is 23.6 Å². The van der Waals surface area contributed by atoms with Gasteiger partial charge in [-0.2, -0.15) is 0 Å². The number of benzene rings is 1. The molecular formula is C23H26FN7O3. The molecule has 0 saturated heterocycles. The summed E-state index contributed by atoms with van der Waals surface area (Å²) in [6.45, 7) is 6.46. The number of nitrogens with zero attached hydrogens (tertiary/aromatic N) is 4. The molecule has 10 nitrogen and oxygen atoms in total. The maximum absolute atomic E-state index is 14.5. The lowest BCUT2D eigenvalue weighted by atomic mass is 10.1. The molecule has 0 aliphatic carbocycles. The first-order valence-electron chi connectivity index (χ1n) is 10.9. The Morgan fingerprint density at radius 2 is 2.03 bits per heavy atom. The molecule has 3 N–H and O–H groups in total. The van der Waals surface area contributed by atoms with Crippen molar-refractivity contribution in [2.75, 3.05) is 39.3 Å². The lowest BCUT2D eigenvalue weighted by Crippen LogP contribution is -2.47. The van der Waals surface area contributed by atoms with Crippen molar-refractivity contribution in [3.8, 4) is 0 Å². The van der Waals surface area contributed by atoms with Gasteiger partial charge in [0.25, 0.3) is 0 Å². The van der Waals surface area contributed by atoms with Gasteiger partial charge >= 0.3 is 12.1 Å². The molecule has 2 aromatic heterocycles. The first-order valence-corrected chi connectivity index (χ1v) is 10.9. The highest BCUT2D eigenvalue weighted by Crippen LogP contribution is 2.34. The van der Waals surface area contributed by atoms with Crippen LogP contribution in [0, 0.1) is 5.82 Å². The van der Waals surface area contributed by atoms with Gasteiger partial charge < -0.3 is 15.2 Å². The normalized spacial score (nSPS) is 13.2. The minimum Gasteiger partial charge on any atom is -0.373 e. The smallest absolute Gasteiger partial charge is 0.329 e. The van der Waals surface area contributed by atoms with Gasteiger partial charge in [0, 0.05) is 43.2 Å². The number of rotatable bonds is 6. The summed E-state index contributed by atoms with van der Waals surface area (Å²) in [4.78, 5) is 33.1. The maximum atomic E-state index is 14.5. The zero-order chi connectivity index (χ0) is 24.4. The van der Waals surface area contributed by atoms with Crippen molar-refractivity contribution in [2.45, 2.75) is 33.2 Å². The topological polar surface area (TPSA) is 116 Å². The number of hydrogen-bond donors (Lipinski definition) is 3. The van der Waals surface area contributed by atoms with Crippen molar-refractivity contribution in [3.05, 3.63) is 53.6 Å². The van der Waals surface area contributed by atoms with Crippen molar-refractivity contribution in [3.63, 3.8) is 0 Å². The number of halogens is 1. The van der Waals surface area contributed by atoms with Crippen LogP contribution in [0.25, 0.3) is 0 Å². The van der Waals surface area contributed by atoms with Crippen LogP contribution < -0.4 is 25.8 Å². The second-order valence-corrected chi connectivity index (χ2v) is 8.08. The summed E-state index contributed by atoms with van der Waals surface area (Å²) in [7, 11) is 1.76. The van der Waals surface area contributed by atoms with Crippen LogP contribution in [-0.2, 0) is 6.54 Å². The molecule has 178 valence electrons. The van der Waals surface area contributed by atoms with Gasteiger partial charge in [-0.3, -0.25) is 15.1 Å². The van der Waals surface area contributed by atoms with E-state index in [1.165, 1.54) is 23.1 Å². The Labute approximate surface area is 196 Å². The van der Waals surface area contributed by atoms with E-state index in [0.717, 1.165) is 11.3 Å². The highest BCUT2D eigenvalue weighted by atomic mass is 19.1. The Morgan fingerprint density at radius 3 is 2.71 bits per heavy atom. The van der Waals surface area contributed by atoms with Crippen molar-refractivity contribution in [2.24, 2.45) is 0 Å². The van der Waals surface area contributed by atoms with E-state index >= 15 is 0 Å². The van der Waals surface area contributed by atoms with Crippen LogP contribution in [0.4, 0.5) is 42.7 Å². The second kappa shape index (κ2) is 9.38. The molecule has 0 atom stereocenters. The summed E-state index contributed by atoms with van der Waals surface area (Å²) < 4.78 is 19.6. The number of carbonyl (C=O) groups is 2. The van der Waals surface area contributed by atoms with Gasteiger partial charge in [-0.25, -0.2) is 19.0 Å². The minimum absolute atomic E-state index is 0.0797. The van der Waals surface area contributed by atoms with Gasteiger partial charge in [0.2, 0.25) is 5.88 Å². The zero-order valence-electron chi connectivity index (χ0n) is 19.3. The molecule has 4 amide bonds. The van der Waals surface area contributed by atoms with Crippen LogP contribution in [0.3, 0.4) is 0 Å². The molecule has 0 saturated carbocycles. The number of anilines is 5. The maximum Gasteiger partial charge on any atom is 0.329 e. The Balaban J connectivity index is 1.56. The highest BCUT2D eigenvalue weighted by molar-refractivity contribution is 6.07. The van der Waals surface area contributed by atoms with E-state index in [1.54, 1.807) is 24.2 Å². The lowest BCUT2D eigenvalue weighted by molar-refractivity contribution is 0.250. The molecular weight excluding hydrogens is 441 g/mol. The van der Waals surface area contributed by atoms with Crippen LogP contribution in [0.2, 0.25) is 0 Å². The Morgan fingerprint density at radius 1 is 1.24 bits per heavy atom. The van der Waals surface area contributed by atoms with E-state index in [4.69, 9.17) is 4.52 Å². The van der Waals surface area contributed by atoms with Crippen LogP contribution >= 0.6 is 0 Å². The molecule has 0 spiro atoms. The van der Waals surface area contributed by atoms with Crippen molar-refractivity contribution < 1.29 is 18.5 Å². The SMILES string of the molecule is CCN1C(=O)N(c2ccc(F)c(NC(=O)Nc3cc(C(C)C)no3)c2)Cc2cnc(NC)cc21. The third-order valence-corrected chi connectivity index (χ3v) is 5.48. The molecule has 0 fully saturated rings. The first-order chi connectivity index (χ1) is 16.3. The lowest BCUT2D eigenvalue weighted by Gasteiger charge is -2.36. The highest BCUT2D eigenvalue weighted by Gasteiger charge is 2.31. The summed E-state index contributed by atoms with van der Waals surface area (Å²) in [5.74, 6) is 0.292. The Kier molecular flexibility index (Phi) is 6.35. The summed E-state index contributed by atoms with van der Waals surface area (Å²) in [5.41, 5.74) is 2.66. The predicted molar refractivity (Wildman–Crippen MR) is 128 cm³/mol. The van der Waals surface area contributed by atoms with E-state index in [9.17, 15) is 14.0 Å². The fourth-order valence-electron chi connectivity index (χ4n) is 3.64. The average Bonchev–Trinajstić information content (AvgIpc) is 3.28. The van der Waals surface area contributed by atoms with Gasteiger partial charge in [-0.15, -0.1) is 0 Å². The number of urea groups is 2. The minimum atomic E-state index is -0.697. The quantitative estimate of drug-likeness (QED) is 0.471. The van der Waals surface area contributed by atoms with E-state index < -0.39 is 11.8 Å². The predicted octanol–water partition coefficient (Wildman–Crippen LogP) is 4.98. The number of hydrogen-bond acceptors (Lipinski definition) is 6. The number of aromatic nitrogens is 2. The fraction of sp³-hybridized carbons (Fsp3) is 0.304. The molecule has 34 heavy (non-hydrogen) atoms. The number of amides is 4. The largest absolute Gasteiger partial charge is 0.373 e. The summed E-state index contributed by atoms with van der Waals surface area (Å²) in [6, 6.07) is 6.59. The first kappa shape index (κ1) is 23.0. The van der Waals surface area contributed by atoms with E-state index in [0.29, 0.717) is 23.7 Å². The standard InChI is InChI=1S/C23H26FN7O3/c1-5-30-19-10-20(25-4)26-11-14(19)12-31(23(30)33)15-6-7-16(24)18(8-15)27-22(32)28-21-9-17(13(2)3)29-34-21/h6-11,13H,5,12H2,1-4H3,(H,25,26)(H2,27,28,32). The molecule has 4 rings (SSSR count). The number of nitrogens with one attached hydrogen (secondary N) is 3. The fourth-order valence-corrected chi connectivity index (χ4v) is 3.64. The number of pyridine rings is 1. The van der Waals surface area contributed by atoms with Crippen LogP contribution in [0.1, 0.15) is 37.9 Å². The average molecular weight is 468 g/mol. The van der Waals surface area contributed by atoms with Crippen molar-refractivity contribution >= 4 is 40.8 Å². The molecule has 11 heteroatoms. The molecule has 3 heterocycles. The van der Waals surface area contributed by atoms with E-state index in [2.05, 4.69) is 26.1 Å². The third-order valence-electron chi connectivity index (χ3n) is 5.48. The van der Waals surface area contributed by atoms with Crippen LogP contribution in [-0.4, -0.2) is 35.8 Å². The van der Waals surface area contributed by atoms with Crippen LogP contribution in [0.15, 0.2) is 41.1 Å². The molecule has 1 aliphatic rings. The molecule has 0 unspecified atom stereocenters. The summed E-state index contributed by atoms with van der Waals surface area (Å²) in [6.07, 6.45) is 1.71. The molecule has 0 bridgehead atoms. The number of carbonyl (C=O) groups excluding carboxylic acids is 2. The summed E-state index contributed by atoms with van der Waals surface area (Å²) in [5, 5.41) is 11.8. The Hall–Kier alpha value is -4.15. The van der Waals surface area contributed by atoms with Gasteiger partial charge in [-0.1, -0.05) is 19.0 Å². The monoisotopic (exact) mass is 467 g/mol. The van der Waals surface area contributed by atoms with Crippen molar-refractivity contribution in [1.82, 2.24) is 10.1 Å². The second-order valence-electron chi connectivity index (χ2n) is 8.08. The van der Waals surface area contributed by atoms with E-state index in [1.807, 2.05) is 26.8 Å². The van der Waals surface area contributed by atoms with Gasteiger partial charge in [0.1, 0.15) is 11.6 Å². The molecule has 3 aromatic rings. The third kappa shape index (κ3) is 4.49. The van der Waals surface area contributed by atoms with Crippen molar-refractivity contribution in [1.29, 1.82) is 0 Å². The van der Waals surface area contributed by atoms with Gasteiger partial charge in [-0.05, 0) is 31.0 Å².